The van der Waals surface area contributed by atoms with Gasteiger partial charge < -0.3 is 15.5 Å². The van der Waals surface area contributed by atoms with Crippen LogP contribution >= 0.6 is 0 Å². The molecule has 4 heteroatoms. The molecule has 1 fully saturated rings. The maximum Gasteiger partial charge on any atom is 0.227 e. The number of phenolic OH excluding ortho intramolecular Hbond substituents is 2. The van der Waals surface area contributed by atoms with E-state index in [-0.39, 0.29) is 29.2 Å². The lowest BCUT2D eigenvalue weighted by Gasteiger charge is -2.25. The van der Waals surface area contributed by atoms with Crippen molar-refractivity contribution in [2.45, 2.75) is 38.0 Å². The minimum atomic E-state index is -0.144. The molecule has 0 unspecified atom stereocenters. The van der Waals surface area contributed by atoms with Crippen molar-refractivity contribution in [1.29, 1.82) is 0 Å². The van der Waals surface area contributed by atoms with E-state index in [2.05, 4.69) is 5.32 Å². The minimum absolute atomic E-state index is 0.0765. The van der Waals surface area contributed by atoms with Gasteiger partial charge in [-0.15, -0.1) is 0 Å². The van der Waals surface area contributed by atoms with E-state index in [4.69, 9.17) is 0 Å². The van der Waals surface area contributed by atoms with Gasteiger partial charge >= 0.3 is 0 Å². The molecule has 0 heterocycles. The monoisotopic (exact) mass is 401 g/mol. The number of phenols is 2. The Morgan fingerprint density at radius 1 is 0.767 bits per heavy atom. The van der Waals surface area contributed by atoms with E-state index < -0.39 is 0 Å². The number of benzene rings is 3. The molecule has 0 atom stereocenters. The Bertz CT molecular complexity index is 944. The fourth-order valence-corrected chi connectivity index (χ4v) is 4.35. The molecule has 154 valence electrons. The molecule has 1 amide bonds. The molecule has 1 aliphatic rings. The van der Waals surface area contributed by atoms with Gasteiger partial charge in [0.25, 0.3) is 0 Å². The first-order valence-electron chi connectivity index (χ1n) is 10.6. The lowest BCUT2D eigenvalue weighted by Crippen LogP contribution is -2.25. The van der Waals surface area contributed by atoms with E-state index in [0.29, 0.717) is 0 Å². The number of para-hydroxylation sites is 1. The van der Waals surface area contributed by atoms with E-state index in [9.17, 15) is 15.0 Å². The fraction of sp³-hybridized carbons (Fsp3) is 0.269. The maximum absolute atomic E-state index is 12.9. The Morgan fingerprint density at radius 3 is 1.87 bits per heavy atom. The van der Waals surface area contributed by atoms with Crippen molar-refractivity contribution in [1.82, 2.24) is 0 Å². The lowest BCUT2D eigenvalue weighted by atomic mass is 9.84. The molecule has 0 saturated heterocycles. The van der Waals surface area contributed by atoms with Gasteiger partial charge in [-0.1, -0.05) is 61.7 Å². The van der Waals surface area contributed by atoms with Crippen LogP contribution in [0.25, 0.3) is 0 Å². The third-order valence-electron chi connectivity index (χ3n) is 5.96. The Kier molecular flexibility index (Phi) is 6.03. The summed E-state index contributed by atoms with van der Waals surface area (Å²) in [6.45, 7) is 0. The molecule has 30 heavy (non-hydrogen) atoms. The Balaban J connectivity index is 1.72. The summed E-state index contributed by atoms with van der Waals surface area (Å²) in [6.07, 6.45) is 5.34. The molecular formula is C26H27NO3. The second-order valence-electron chi connectivity index (χ2n) is 8.03. The predicted molar refractivity (Wildman–Crippen MR) is 119 cm³/mol. The van der Waals surface area contributed by atoms with E-state index in [0.717, 1.165) is 48.1 Å². The fourth-order valence-electron chi connectivity index (χ4n) is 4.35. The largest absolute Gasteiger partial charge is 0.508 e. The van der Waals surface area contributed by atoms with E-state index in [1.807, 2.05) is 48.5 Å². The van der Waals surface area contributed by atoms with Crippen molar-refractivity contribution < 1.29 is 15.0 Å². The summed E-state index contributed by atoms with van der Waals surface area (Å²) < 4.78 is 0. The normalized spacial score (nSPS) is 14.6. The molecule has 3 aromatic rings. The molecule has 4 nitrogen and oxygen atoms in total. The van der Waals surface area contributed by atoms with Crippen LogP contribution in [0, 0.1) is 5.92 Å². The van der Waals surface area contributed by atoms with Crippen LogP contribution in [0.3, 0.4) is 0 Å². The highest BCUT2D eigenvalue weighted by Crippen LogP contribution is 2.37. The third-order valence-corrected chi connectivity index (χ3v) is 5.96. The molecule has 1 saturated carbocycles. The van der Waals surface area contributed by atoms with Crippen molar-refractivity contribution in [2.24, 2.45) is 5.92 Å². The summed E-state index contributed by atoms with van der Waals surface area (Å²) in [5.74, 6) is 0.447. The predicted octanol–water partition coefficient (Wildman–Crippen LogP) is 5.80. The van der Waals surface area contributed by atoms with Gasteiger partial charge in [0.1, 0.15) is 11.5 Å². The number of amides is 1. The van der Waals surface area contributed by atoms with Gasteiger partial charge in [-0.3, -0.25) is 4.79 Å². The van der Waals surface area contributed by atoms with Gasteiger partial charge in [-0.05, 0) is 59.9 Å². The maximum atomic E-state index is 12.9. The first-order valence-corrected chi connectivity index (χ1v) is 10.6. The number of carbonyl (C=O) groups excluding carboxylic acids is 1. The number of anilines is 1. The summed E-state index contributed by atoms with van der Waals surface area (Å²) >= 11 is 0. The Hall–Kier alpha value is -3.27. The first kappa shape index (κ1) is 20.0. The Labute approximate surface area is 177 Å². The van der Waals surface area contributed by atoms with Crippen LogP contribution < -0.4 is 5.32 Å². The Morgan fingerprint density at radius 2 is 1.30 bits per heavy atom. The number of hydrogen-bond acceptors (Lipinski definition) is 3. The topological polar surface area (TPSA) is 69.6 Å². The van der Waals surface area contributed by atoms with Gasteiger partial charge in [0, 0.05) is 17.5 Å². The second-order valence-corrected chi connectivity index (χ2v) is 8.03. The smallest absolute Gasteiger partial charge is 0.227 e. The molecule has 0 spiro atoms. The molecule has 3 N–H and O–H groups in total. The summed E-state index contributed by atoms with van der Waals surface area (Å²) in [5, 5.41) is 22.7. The first-order chi connectivity index (χ1) is 14.6. The second kappa shape index (κ2) is 9.04. The zero-order valence-corrected chi connectivity index (χ0v) is 16.9. The van der Waals surface area contributed by atoms with Gasteiger partial charge in [-0.25, -0.2) is 0 Å². The quantitative estimate of drug-likeness (QED) is 0.474. The van der Waals surface area contributed by atoms with Crippen LogP contribution in [0.4, 0.5) is 5.69 Å². The summed E-state index contributed by atoms with van der Waals surface area (Å²) in [4.78, 5) is 12.9. The van der Waals surface area contributed by atoms with Gasteiger partial charge in [0.2, 0.25) is 5.91 Å². The highest BCUT2D eigenvalue weighted by atomic mass is 16.3. The van der Waals surface area contributed by atoms with Crippen molar-refractivity contribution in [3.05, 3.63) is 89.5 Å². The van der Waals surface area contributed by atoms with E-state index in [1.54, 1.807) is 24.3 Å². The van der Waals surface area contributed by atoms with Crippen molar-refractivity contribution in [3.63, 3.8) is 0 Å². The zero-order chi connectivity index (χ0) is 20.9. The van der Waals surface area contributed by atoms with Gasteiger partial charge in [-0.2, -0.15) is 0 Å². The van der Waals surface area contributed by atoms with Crippen molar-refractivity contribution in [3.8, 4) is 11.5 Å². The summed E-state index contributed by atoms with van der Waals surface area (Å²) in [7, 11) is 0. The summed E-state index contributed by atoms with van der Waals surface area (Å²) in [5.41, 5.74) is 3.79. The zero-order valence-electron chi connectivity index (χ0n) is 16.9. The van der Waals surface area contributed by atoms with Crippen LogP contribution in [0.1, 0.15) is 54.7 Å². The SMILES string of the molecule is O=C(Nc1ccccc1C(c1ccc(O)cc1)c1ccc(O)cc1)C1CCCCC1. The minimum Gasteiger partial charge on any atom is -0.508 e. The molecule has 0 aliphatic heterocycles. The summed E-state index contributed by atoms with van der Waals surface area (Å²) in [6, 6.07) is 22.2. The number of nitrogens with one attached hydrogen (secondary N) is 1. The van der Waals surface area contributed by atoms with Crippen LogP contribution in [-0.2, 0) is 4.79 Å². The highest BCUT2D eigenvalue weighted by Gasteiger charge is 2.24. The average Bonchev–Trinajstić information content (AvgIpc) is 2.78. The van der Waals surface area contributed by atoms with Crippen LogP contribution in [-0.4, -0.2) is 16.1 Å². The highest BCUT2D eigenvalue weighted by molar-refractivity contribution is 5.93. The van der Waals surface area contributed by atoms with Crippen LogP contribution in [0.2, 0.25) is 0 Å². The number of hydrogen-bond donors (Lipinski definition) is 3. The number of carbonyl (C=O) groups is 1. The van der Waals surface area contributed by atoms with Gasteiger partial charge in [0.15, 0.2) is 0 Å². The standard InChI is InChI=1S/C26H27NO3/c28-21-14-10-18(11-15-21)25(19-12-16-22(29)17-13-19)23-8-4-5-9-24(23)27-26(30)20-6-2-1-3-7-20/h4-5,8-17,20,25,28-29H,1-3,6-7H2,(H,27,30). The van der Waals surface area contributed by atoms with E-state index >= 15 is 0 Å². The van der Waals surface area contributed by atoms with Crippen molar-refractivity contribution in [2.75, 3.05) is 5.32 Å². The lowest BCUT2D eigenvalue weighted by molar-refractivity contribution is -0.120. The molecule has 0 aromatic heterocycles. The molecular weight excluding hydrogens is 374 g/mol. The van der Waals surface area contributed by atoms with Crippen molar-refractivity contribution >= 4 is 11.6 Å². The number of rotatable bonds is 5. The van der Waals surface area contributed by atoms with Crippen LogP contribution in [0.5, 0.6) is 11.5 Å². The molecule has 4 rings (SSSR count). The molecule has 0 radical (unpaired) electrons. The number of aromatic hydroxyl groups is 2. The third kappa shape index (κ3) is 4.48. The van der Waals surface area contributed by atoms with Crippen LogP contribution in [0.15, 0.2) is 72.8 Å². The average molecular weight is 402 g/mol. The van der Waals surface area contributed by atoms with E-state index in [1.165, 1.54) is 6.42 Å². The van der Waals surface area contributed by atoms with Gasteiger partial charge in [0.05, 0.1) is 0 Å². The molecule has 1 aliphatic carbocycles. The molecule has 0 bridgehead atoms. The molecule has 3 aromatic carbocycles.